The van der Waals surface area contributed by atoms with Gasteiger partial charge in [0.2, 0.25) is 0 Å². The molecule has 0 bridgehead atoms. The van der Waals surface area contributed by atoms with Crippen molar-refractivity contribution in [1.82, 2.24) is 4.90 Å². The molecule has 1 aliphatic heterocycles. The highest BCUT2D eigenvalue weighted by Gasteiger charge is 2.47. The topological polar surface area (TPSA) is 70.8 Å². The monoisotopic (exact) mass is 277 g/mol. The van der Waals surface area contributed by atoms with Crippen molar-refractivity contribution >= 4 is 11.9 Å². The Labute approximate surface area is 117 Å². The molecule has 0 unspecified atom stereocenters. The van der Waals surface area contributed by atoms with Crippen molar-refractivity contribution in [2.75, 3.05) is 13.1 Å². The van der Waals surface area contributed by atoms with E-state index in [1.165, 1.54) is 0 Å². The molecular formula is C15H19NO4. The number of nitrogens with zero attached hydrogens (tertiary/aromatic N) is 1. The molecule has 2 heterocycles. The van der Waals surface area contributed by atoms with Crippen molar-refractivity contribution in [3.05, 3.63) is 23.2 Å². The van der Waals surface area contributed by atoms with E-state index in [0.717, 1.165) is 12.8 Å². The Hall–Kier alpha value is -1.78. The Morgan fingerprint density at radius 2 is 2.00 bits per heavy atom. The molecule has 1 amide bonds. The van der Waals surface area contributed by atoms with E-state index in [1.54, 1.807) is 24.8 Å². The summed E-state index contributed by atoms with van der Waals surface area (Å²) in [4.78, 5) is 25.6. The van der Waals surface area contributed by atoms with E-state index in [4.69, 9.17) is 4.42 Å². The summed E-state index contributed by atoms with van der Waals surface area (Å²) in [5.74, 6) is 0.615. The van der Waals surface area contributed by atoms with Gasteiger partial charge in [0.05, 0.1) is 11.5 Å². The molecule has 0 spiro atoms. The van der Waals surface area contributed by atoms with Gasteiger partial charge in [0.1, 0.15) is 11.5 Å². The van der Waals surface area contributed by atoms with Gasteiger partial charge in [-0.2, -0.15) is 0 Å². The number of carbonyl (C=O) groups is 2. The first-order valence-corrected chi connectivity index (χ1v) is 7.06. The lowest BCUT2D eigenvalue weighted by Crippen LogP contribution is -2.30. The predicted octanol–water partition coefficient (Wildman–Crippen LogP) is 2.08. The first kappa shape index (κ1) is 13.2. The van der Waals surface area contributed by atoms with Gasteiger partial charge < -0.3 is 14.4 Å². The summed E-state index contributed by atoms with van der Waals surface area (Å²) in [6.45, 7) is 4.45. The van der Waals surface area contributed by atoms with E-state index in [2.05, 4.69) is 0 Å². The number of furan rings is 1. The second kappa shape index (κ2) is 4.65. The molecule has 1 saturated heterocycles. The van der Waals surface area contributed by atoms with Crippen molar-refractivity contribution in [1.29, 1.82) is 0 Å². The quantitative estimate of drug-likeness (QED) is 0.918. The summed E-state index contributed by atoms with van der Waals surface area (Å²) in [5.41, 5.74) is 0.558. The number of aliphatic carboxylic acids is 1. The minimum atomic E-state index is -0.780. The normalized spacial score (nSPS) is 26.0. The lowest BCUT2D eigenvalue weighted by atomic mass is 9.92. The van der Waals surface area contributed by atoms with Crippen LogP contribution in [0.2, 0.25) is 0 Å². The SMILES string of the molecule is Cc1cc(C(=O)N2C[C@H](C(=O)O)[C@@H](C3CC3)C2)c(C)o1. The van der Waals surface area contributed by atoms with Gasteiger partial charge in [0, 0.05) is 13.1 Å². The van der Waals surface area contributed by atoms with Crippen LogP contribution in [-0.2, 0) is 4.79 Å². The van der Waals surface area contributed by atoms with E-state index in [0.29, 0.717) is 36.1 Å². The van der Waals surface area contributed by atoms with E-state index in [1.807, 2.05) is 0 Å². The Balaban J connectivity index is 1.79. The van der Waals surface area contributed by atoms with Gasteiger partial charge in [-0.25, -0.2) is 0 Å². The van der Waals surface area contributed by atoms with Crippen LogP contribution >= 0.6 is 0 Å². The third-order valence-electron chi connectivity index (χ3n) is 4.47. The largest absolute Gasteiger partial charge is 0.481 e. The summed E-state index contributed by atoms with van der Waals surface area (Å²) in [5, 5.41) is 9.33. The highest BCUT2D eigenvalue weighted by atomic mass is 16.4. The van der Waals surface area contributed by atoms with Gasteiger partial charge in [0.25, 0.3) is 5.91 Å². The van der Waals surface area contributed by atoms with E-state index in [-0.39, 0.29) is 11.8 Å². The highest BCUT2D eigenvalue weighted by molar-refractivity contribution is 5.96. The van der Waals surface area contributed by atoms with Gasteiger partial charge in [-0.05, 0) is 44.6 Å². The van der Waals surface area contributed by atoms with Crippen molar-refractivity contribution in [3.63, 3.8) is 0 Å². The number of hydrogen-bond donors (Lipinski definition) is 1. The van der Waals surface area contributed by atoms with Crippen molar-refractivity contribution < 1.29 is 19.1 Å². The summed E-state index contributed by atoms with van der Waals surface area (Å²) in [6, 6.07) is 1.73. The van der Waals surface area contributed by atoms with Gasteiger partial charge in [-0.3, -0.25) is 9.59 Å². The van der Waals surface area contributed by atoms with Crippen molar-refractivity contribution in [2.24, 2.45) is 17.8 Å². The van der Waals surface area contributed by atoms with Crippen LogP contribution in [0, 0.1) is 31.6 Å². The number of amides is 1. The zero-order chi connectivity index (χ0) is 14.4. The minimum absolute atomic E-state index is 0.103. The number of carbonyl (C=O) groups excluding carboxylic acids is 1. The number of carboxylic acid groups (broad SMARTS) is 1. The molecule has 5 heteroatoms. The average Bonchev–Trinajstić information content (AvgIpc) is 3.03. The van der Waals surface area contributed by atoms with Crippen LogP contribution in [0.25, 0.3) is 0 Å². The molecule has 1 saturated carbocycles. The molecule has 3 rings (SSSR count). The number of aryl methyl sites for hydroxylation is 2. The van der Waals surface area contributed by atoms with Crippen LogP contribution in [0.1, 0.15) is 34.7 Å². The first-order chi connectivity index (χ1) is 9.47. The Kier molecular flexibility index (Phi) is 3.07. The van der Waals surface area contributed by atoms with Gasteiger partial charge in [-0.1, -0.05) is 0 Å². The summed E-state index contributed by atoms with van der Waals surface area (Å²) < 4.78 is 5.39. The fourth-order valence-corrected chi connectivity index (χ4v) is 3.27. The molecule has 1 aliphatic carbocycles. The fourth-order valence-electron chi connectivity index (χ4n) is 3.27. The zero-order valence-electron chi connectivity index (χ0n) is 11.8. The van der Waals surface area contributed by atoms with E-state index in [9.17, 15) is 14.7 Å². The first-order valence-electron chi connectivity index (χ1n) is 7.06. The number of carboxylic acids is 1. The third-order valence-corrected chi connectivity index (χ3v) is 4.47. The molecule has 1 aromatic heterocycles. The second-order valence-electron chi connectivity index (χ2n) is 5.98. The molecule has 108 valence electrons. The molecule has 1 aromatic rings. The van der Waals surface area contributed by atoms with Crippen LogP contribution < -0.4 is 0 Å². The maximum atomic E-state index is 12.5. The van der Waals surface area contributed by atoms with Crippen LogP contribution in [0.15, 0.2) is 10.5 Å². The van der Waals surface area contributed by atoms with Crippen LogP contribution in [-0.4, -0.2) is 35.0 Å². The molecule has 2 aliphatic rings. The average molecular weight is 277 g/mol. The molecular weight excluding hydrogens is 258 g/mol. The van der Waals surface area contributed by atoms with Crippen molar-refractivity contribution in [3.8, 4) is 0 Å². The Bertz CT molecular complexity index is 558. The van der Waals surface area contributed by atoms with Gasteiger partial charge in [0.15, 0.2) is 0 Å². The summed E-state index contributed by atoms with van der Waals surface area (Å²) in [7, 11) is 0. The lowest BCUT2D eigenvalue weighted by Gasteiger charge is -2.15. The second-order valence-corrected chi connectivity index (χ2v) is 5.98. The Morgan fingerprint density at radius 3 is 2.50 bits per heavy atom. The summed E-state index contributed by atoms with van der Waals surface area (Å²) >= 11 is 0. The lowest BCUT2D eigenvalue weighted by molar-refractivity contribution is -0.142. The number of rotatable bonds is 3. The maximum Gasteiger partial charge on any atom is 0.308 e. The maximum absolute atomic E-state index is 12.5. The molecule has 20 heavy (non-hydrogen) atoms. The van der Waals surface area contributed by atoms with Crippen molar-refractivity contribution in [2.45, 2.75) is 26.7 Å². The number of hydrogen-bond acceptors (Lipinski definition) is 3. The molecule has 0 radical (unpaired) electrons. The van der Waals surface area contributed by atoms with Crippen LogP contribution in [0.5, 0.6) is 0 Å². The summed E-state index contributed by atoms with van der Waals surface area (Å²) in [6.07, 6.45) is 2.20. The van der Waals surface area contributed by atoms with Crippen LogP contribution in [0.4, 0.5) is 0 Å². The van der Waals surface area contributed by atoms with E-state index < -0.39 is 11.9 Å². The Morgan fingerprint density at radius 1 is 1.30 bits per heavy atom. The fraction of sp³-hybridized carbons (Fsp3) is 0.600. The standard InChI is InChI=1S/C15H19NO4/c1-8-5-11(9(2)20-8)14(17)16-6-12(10-3-4-10)13(7-16)15(18)19/h5,10,12-13H,3-4,6-7H2,1-2H3,(H,18,19)/t12-,13+/m1/s1. The van der Waals surface area contributed by atoms with E-state index >= 15 is 0 Å². The molecule has 0 aromatic carbocycles. The number of likely N-dealkylation sites (tertiary alicyclic amines) is 1. The van der Waals surface area contributed by atoms with Gasteiger partial charge in [-0.15, -0.1) is 0 Å². The molecule has 1 N–H and O–H groups in total. The van der Waals surface area contributed by atoms with Crippen LogP contribution in [0.3, 0.4) is 0 Å². The molecule has 2 fully saturated rings. The molecule has 5 nitrogen and oxygen atoms in total. The smallest absolute Gasteiger partial charge is 0.308 e. The zero-order valence-corrected chi connectivity index (χ0v) is 11.8. The predicted molar refractivity (Wildman–Crippen MR) is 71.4 cm³/mol. The van der Waals surface area contributed by atoms with Gasteiger partial charge >= 0.3 is 5.97 Å². The highest BCUT2D eigenvalue weighted by Crippen LogP contribution is 2.44. The molecule has 2 atom stereocenters. The minimum Gasteiger partial charge on any atom is -0.481 e. The third kappa shape index (κ3) is 2.21.